The predicted octanol–water partition coefficient (Wildman–Crippen LogP) is 4.81. The third-order valence-electron chi connectivity index (χ3n) is 4.58. The summed E-state index contributed by atoms with van der Waals surface area (Å²) in [6, 6.07) is 12.2. The van der Waals surface area contributed by atoms with E-state index in [1.165, 1.54) is 38.6 Å². The second-order valence-electron chi connectivity index (χ2n) is 6.32. The van der Waals surface area contributed by atoms with Gasteiger partial charge in [0.1, 0.15) is 17.2 Å². The average Bonchev–Trinajstić information content (AvgIpc) is 3.12. The van der Waals surface area contributed by atoms with Crippen LogP contribution in [0.25, 0.3) is 33.4 Å². The lowest BCUT2D eigenvalue weighted by atomic mass is 10.0. The number of nitrogens with one attached hydrogen (secondary N) is 1. The van der Waals surface area contributed by atoms with E-state index in [0.717, 1.165) is 0 Å². The van der Waals surface area contributed by atoms with Gasteiger partial charge in [-0.2, -0.15) is 0 Å². The smallest absolute Gasteiger partial charge is 0.255 e. The van der Waals surface area contributed by atoms with Crippen LogP contribution in [0.5, 0.6) is 5.88 Å². The molecule has 5 nitrogen and oxygen atoms in total. The topological polar surface area (TPSA) is 64.4 Å². The van der Waals surface area contributed by atoms with Crippen LogP contribution in [-0.2, 0) is 0 Å². The fourth-order valence-corrected chi connectivity index (χ4v) is 3.17. The van der Waals surface area contributed by atoms with Gasteiger partial charge in [0.15, 0.2) is 5.82 Å². The number of amides is 1. The number of ether oxygens (including phenoxy) is 1. The summed E-state index contributed by atoms with van der Waals surface area (Å²) in [5.41, 5.74) is 2.55. The van der Waals surface area contributed by atoms with Crippen molar-refractivity contribution in [1.82, 2.24) is 10.3 Å². The predicted molar refractivity (Wildman–Crippen MR) is 105 cm³/mol. The van der Waals surface area contributed by atoms with E-state index in [1.807, 2.05) is 0 Å². The molecule has 0 fully saturated rings. The van der Waals surface area contributed by atoms with Crippen LogP contribution in [0.1, 0.15) is 10.4 Å². The molecule has 146 valence electrons. The van der Waals surface area contributed by atoms with Gasteiger partial charge in [-0.1, -0.05) is 6.07 Å². The largest absolute Gasteiger partial charge is 0.479 e. The minimum absolute atomic E-state index is 0.0946. The third kappa shape index (κ3) is 3.31. The molecule has 0 atom stereocenters. The summed E-state index contributed by atoms with van der Waals surface area (Å²) in [7, 11) is 2.86. The number of benzene rings is 2. The molecule has 0 radical (unpaired) electrons. The van der Waals surface area contributed by atoms with Gasteiger partial charge in [0.05, 0.1) is 12.7 Å². The second kappa shape index (κ2) is 7.35. The van der Waals surface area contributed by atoms with Gasteiger partial charge in [0, 0.05) is 29.8 Å². The standard InChI is InChI=1S/C22H16F2N2O3/c1-25-21(27)19-16-9-13(14-10-17(24)22(28-2)26-11-14)5-8-18(16)29-20(19)12-3-6-15(23)7-4-12/h3-11H,1-2H3,(H,25,27). The Morgan fingerprint density at radius 2 is 1.76 bits per heavy atom. The molecule has 0 unspecified atom stereocenters. The lowest BCUT2D eigenvalue weighted by Gasteiger charge is -2.05. The Morgan fingerprint density at radius 3 is 2.41 bits per heavy atom. The molecular formula is C22H16F2N2O3. The molecule has 29 heavy (non-hydrogen) atoms. The lowest BCUT2D eigenvalue weighted by molar-refractivity contribution is 0.0964. The minimum atomic E-state index is -0.587. The van der Waals surface area contributed by atoms with Gasteiger partial charge >= 0.3 is 0 Å². The Bertz CT molecular complexity index is 1220. The van der Waals surface area contributed by atoms with Gasteiger partial charge < -0.3 is 14.5 Å². The first-order valence-corrected chi connectivity index (χ1v) is 8.76. The molecule has 2 aromatic heterocycles. The van der Waals surface area contributed by atoms with E-state index in [2.05, 4.69) is 10.3 Å². The number of nitrogens with zero attached hydrogens (tertiary/aromatic N) is 1. The number of hydrogen-bond donors (Lipinski definition) is 1. The average molecular weight is 394 g/mol. The fourth-order valence-electron chi connectivity index (χ4n) is 3.17. The van der Waals surface area contributed by atoms with Crippen LogP contribution >= 0.6 is 0 Å². The molecule has 4 aromatic rings. The molecule has 0 aliphatic rings. The van der Waals surface area contributed by atoms with Crippen molar-refractivity contribution in [2.75, 3.05) is 14.2 Å². The van der Waals surface area contributed by atoms with E-state index >= 15 is 0 Å². The number of aromatic nitrogens is 1. The van der Waals surface area contributed by atoms with E-state index in [1.54, 1.807) is 30.3 Å². The van der Waals surface area contributed by atoms with Gasteiger partial charge in [0.25, 0.3) is 5.91 Å². The van der Waals surface area contributed by atoms with Crippen molar-refractivity contribution in [3.63, 3.8) is 0 Å². The highest BCUT2D eigenvalue weighted by Crippen LogP contribution is 2.36. The number of rotatable bonds is 4. The number of hydrogen-bond acceptors (Lipinski definition) is 4. The highest BCUT2D eigenvalue weighted by molar-refractivity contribution is 6.11. The number of furan rings is 1. The van der Waals surface area contributed by atoms with Crippen molar-refractivity contribution in [2.24, 2.45) is 0 Å². The third-order valence-corrected chi connectivity index (χ3v) is 4.58. The van der Waals surface area contributed by atoms with Crippen LogP contribution in [0.15, 0.2) is 59.1 Å². The molecule has 0 aliphatic heterocycles. The number of carbonyl (C=O) groups excluding carboxylic acids is 1. The van der Waals surface area contributed by atoms with E-state index < -0.39 is 5.82 Å². The monoisotopic (exact) mass is 394 g/mol. The van der Waals surface area contributed by atoms with E-state index in [-0.39, 0.29) is 17.6 Å². The maximum absolute atomic E-state index is 14.1. The minimum Gasteiger partial charge on any atom is -0.479 e. The van der Waals surface area contributed by atoms with Crippen molar-refractivity contribution in [3.8, 4) is 28.3 Å². The van der Waals surface area contributed by atoms with Crippen LogP contribution in [0.4, 0.5) is 8.78 Å². The SMILES string of the molecule is CNC(=O)c1c(-c2ccc(F)cc2)oc2ccc(-c3cnc(OC)c(F)c3)cc12. The summed E-state index contributed by atoms with van der Waals surface area (Å²) in [4.78, 5) is 16.6. The zero-order valence-electron chi connectivity index (χ0n) is 15.6. The highest BCUT2D eigenvalue weighted by Gasteiger charge is 2.22. The van der Waals surface area contributed by atoms with E-state index in [0.29, 0.717) is 39.0 Å². The van der Waals surface area contributed by atoms with Gasteiger partial charge in [-0.3, -0.25) is 4.79 Å². The number of fused-ring (bicyclic) bond motifs is 1. The summed E-state index contributed by atoms with van der Waals surface area (Å²) in [5.74, 6) is -1.09. The number of halogens is 2. The van der Waals surface area contributed by atoms with E-state index in [9.17, 15) is 13.6 Å². The summed E-state index contributed by atoms with van der Waals surface area (Å²) in [6.07, 6.45) is 1.49. The summed E-state index contributed by atoms with van der Waals surface area (Å²) >= 11 is 0. The van der Waals surface area contributed by atoms with Gasteiger partial charge in [-0.05, 0) is 48.0 Å². The summed E-state index contributed by atoms with van der Waals surface area (Å²) < 4.78 is 38.1. The second-order valence-corrected chi connectivity index (χ2v) is 6.32. The van der Waals surface area contributed by atoms with Crippen LogP contribution in [0.3, 0.4) is 0 Å². The molecular weight excluding hydrogens is 378 g/mol. The molecule has 0 spiro atoms. The molecule has 0 bridgehead atoms. The van der Waals surface area contributed by atoms with Crippen molar-refractivity contribution in [3.05, 3.63) is 71.9 Å². The summed E-state index contributed by atoms with van der Waals surface area (Å²) in [6.45, 7) is 0. The number of carbonyl (C=O) groups is 1. The van der Waals surface area contributed by atoms with Crippen molar-refractivity contribution < 1.29 is 22.7 Å². The molecule has 0 saturated heterocycles. The zero-order valence-corrected chi connectivity index (χ0v) is 15.6. The Kier molecular flexibility index (Phi) is 4.72. The lowest BCUT2D eigenvalue weighted by Crippen LogP contribution is -2.18. The first-order valence-electron chi connectivity index (χ1n) is 8.76. The zero-order chi connectivity index (χ0) is 20.5. The maximum atomic E-state index is 14.1. The van der Waals surface area contributed by atoms with Gasteiger partial charge in [-0.15, -0.1) is 0 Å². The molecule has 1 amide bonds. The van der Waals surface area contributed by atoms with Crippen molar-refractivity contribution in [2.45, 2.75) is 0 Å². The first-order chi connectivity index (χ1) is 14.0. The molecule has 4 rings (SSSR count). The van der Waals surface area contributed by atoms with Crippen LogP contribution < -0.4 is 10.1 Å². The molecule has 0 aliphatic carbocycles. The maximum Gasteiger partial charge on any atom is 0.255 e. The molecule has 7 heteroatoms. The Morgan fingerprint density at radius 1 is 1.03 bits per heavy atom. The van der Waals surface area contributed by atoms with Crippen molar-refractivity contribution in [1.29, 1.82) is 0 Å². The van der Waals surface area contributed by atoms with E-state index in [4.69, 9.17) is 9.15 Å². The Labute approximate surface area is 164 Å². The van der Waals surface area contributed by atoms with Gasteiger partial charge in [-0.25, -0.2) is 13.8 Å². The van der Waals surface area contributed by atoms with Crippen LogP contribution in [0, 0.1) is 11.6 Å². The normalized spacial score (nSPS) is 10.9. The molecule has 0 saturated carbocycles. The fraction of sp³-hybridized carbons (Fsp3) is 0.0909. The van der Waals surface area contributed by atoms with Crippen LogP contribution in [-0.4, -0.2) is 25.0 Å². The number of pyridine rings is 1. The summed E-state index contributed by atoms with van der Waals surface area (Å²) in [5, 5.41) is 3.16. The Hall–Kier alpha value is -3.74. The molecule has 2 heterocycles. The Balaban J connectivity index is 1.91. The van der Waals surface area contributed by atoms with Crippen molar-refractivity contribution >= 4 is 16.9 Å². The molecule has 1 N–H and O–H groups in total. The first kappa shape index (κ1) is 18.6. The highest BCUT2D eigenvalue weighted by atomic mass is 19.1. The molecule has 2 aromatic carbocycles. The quantitative estimate of drug-likeness (QED) is 0.540. The van der Waals surface area contributed by atoms with Crippen LogP contribution in [0.2, 0.25) is 0 Å². The van der Waals surface area contributed by atoms with Gasteiger partial charge in [0.2, 0.25) is 5.88 Å². The number of methoxy groups -OCH3 is 1.